The van der Waals surface area contributed by atoms with Crippen molar-refractivity contribution in [1.29, 1.82) is 5.26 Å². The Morgan fingerprint density at radius 1 is 1.13 bits per heavy atom. The number of benzene rings is 2. The molecule has 0 atom stereocenters. The Labute approximate surface area is 177 Å². The van der Waals surface area contributed by atoms with E-state index in [1.165, 1.54) is 11.8 Å². The van der Waals surface area contributed by atoms with Crippen LogP contribution in [0, 0.1) is 18.3 Å². The lowest BCUT2D eigenvalue weighted by atomic mass is 9.98. The van der Waals surface area contributed by atoms with Crippen molar-refractivity contribution < 1.29 is 9.21 Å². The van der Waals surface area contributed by atoms with Crippen LogP contribution in [-0.4, -0.2) is 26.8 Å². The molecule has 0 aliphatic heterocycles. The number of carbonyl (C=O) groups excluding carboxylic acids is 1. The molecule has 0 fully saturated rings. The second-order valence-electron chi connectivity index (χ2n) is 6.39. The molecule has 0 radical (unpaired) electrons. The van der Waals surface area contributed by atoms with Gasteiger partial charge in [-0.3, -0.25) is 15.2 Å². The normalized spacial score (nSPS) is 10.5. The van der Waals surface area contributed by atoms with Gasteiger partial charge in [0.05, 0.1) is 5.75 Å². The fraction of sp³-hybridized carbons (Fsp3) is 0.0909. The lowest BCUT2D eigenvalue weighted by molar-refractivity contribution is -0.113. The number of hydrogen-bond acceptors (Lipinski definition) is 6. The van der Waals surface area contributed by atoms with Crippen LogP contribution < -0.4 is 5.32 Å². The maximum absolute atomic E-state index is 12.5. The summed E-state index contributed by atoms with van der Waals surface area (Å²) >= 11 is 1.20. The lowest BCUT2D eigenvalue weighted by Crippen LogP contribution is -2.14. The Hall–Kier alpha value is -3.83. The number of nitriles is 1. The number of aromatic nitrogens is 3. The van der Waals surface area contributed by atoms with Crippen molar-refractivity contribution in [2.75, 3.05) is 11.1 Å². The summed E-state index contributed by atoms with van der Waals surface area (Å²) in [5.74, 6) is 1.12. The second kappa shape index (κ2) is 8.68. The average molecular weight is 415 g/mol. The molecule has 0 aliphatic rings. The van der Waals surface area contributed by atoms with Crippen LogP contribution in [0.2, 0.25) is 0 Å². The molecule has 4 rings (SSSR count). The fourth-order valence-corrected chi connectivity index (χ4v) is 3.62. The number of hydrogen-bond donors (Lipinski definition) is 2. The molecular formula is C22H17N5O2S. The van der Waals surface area contributed by atoms with E-state index >= 15 is 0 Å². The van der Waals surface area contributed by atoms with Gasteiger partial charge in [0, 0.05) is 11.1 Å². The fourth-order valence-electron chi connectivity index (χ4n) is 2.98. The Morgan fingerprint density at radius 2 is 1.80 bits per heavy atom. The van der Waals surface area contributed by atoms with Crippen molar-refractivity contribution in [1.82, 2.24) is 15.2 Å². The molecule has 0 saturated heterocycles. The number of H-pyrrole nitrogens is 1. The molecule has 30 heavy (non-hydrogen) atoms. The summed E-state index contributed by atoms with van der Waals surface area (Å²) in [6, 6.07) is 21.2. The van der Waals surface area contributed by atoms with Crippen LogP contribution in [-0.2, 0) is 4.79 Å². The predicted molar refractivity (Wildman–Crippen MR) is 115 cm³/mol. The standard InChI is InChI=1S/C22H17N5O2S/c1-14-24-22(27-26-14)30-13-18(28)25-21-17(12-23)19(15-8-4-2-5-9-15)20(29-21)16-10-6-3-7-11-16/h2-11H,13H2,1H3,(H,25,28)(H,24,26,27). The van der Waals surface area contributed by atoms with Crippen LogP contribution in [0.5, 0.6) is 0 Å². The summed E-state index contributed by atoms with van der Waals surface area (Å²) in [5.41, 5.74) is 2.59. The number of nitrogens with zero attached hydrogens (tertiary/aromatic N) is 3. The van der Waals surface area contributed by atoms with Crippen molar-refractivity contribution >= 4 is 23.6 Å². The first-order valence-corrected chi connectivity index (χ1v) is 10.1. The average Bonchev–Trinajstić information content (AvgIpc) is 3.36. The number of rotatable bonds is 6. The third-order valence-electron chi connectivity index (χ3n) is 4.28. The van der Waals surface area contributed by atoms with Gasteiger partial charge < -0.3 is 4.42 Å². The third-order valence-corrected chi connectivity index (χ3v) is 5.13. The highest BCUT2D eigenvalue weighted by molar-refractivity contribution is 7.99. The van der Waals surface area contributed by atoms with Crippen molar-refractivity contribution in [3.05, 3.63) is 72.1 Å². The number of furan rings is 1. The summed E-state index contributed by atoms with van der Waals surface area (Å²) < 4.78 is 6.00. The molecule has 2 N–H and O–H groups in total. The van der Waals surface area contributed by atoms with Gasteiger partial charge in [-0.05, 0) is 12.5 Å². The number of nitrogens with one attached hydrogen (secondary N) is 2. The van der Waals surface area contributed by atoms with Crippen molar-refractivity contribution in [3.8, 4) is 28.5 Å². The summed E-state index contributed by atoms with van der Waals surface area (Å²) in [6.07, 6.45) is 0. The van der Waals surface area contributed by atoms with Gasteiger partial charge in [0.1, 0.15) is 23.2 Å². The van der Waals surface area contributed by atoms with E-state index in [1.54, 1.807) is 6.92 Å². The molecule has 148 valence electrons. The highest BCUT2D eigenvalue weighted by Gasteiger charge is 2.24. The van der Waals surface area contributed by atoms with Crippen molar-refractivity contribution in [3.63, 3.8) is 0 Å². The van der Waals surface area contributed by atoms with Gasteiger partial charge in [0.2, 0.25) is 16.9 Å². The van der Waals surface area contributed by atoms with Crippen LogP contribution in [0.15, 0.2) is 70.2 Å². The second-order valence-corrected chi connectivity index (χ2v) is 7.34. The Balaban J connectivity index is 1.67. The zero-order valence-electron chi connectivity index (χ0n) is 16.0. The largest absolute Gasteiger partial charge is 0.438 e. The molecule has 8 heteroatoms. The minimum Gasteiger partial charge on any atom is -0.438 e. The van der Waals surface area contributed by atoms with E-state index in [1.807, 2.05) is 60.7 Å². The maximum atomic E-state index is 12.5. The summed E-state index contributed by atoms with van der Waals surface area (Å²) in [4.78, 5) is 16.6. The summed E-state index contributed by atoms with van der Waals surface area (Å²) in [6.45, 7) is 1.79. The highest BCUT2D eigenvalue weighted by atomic mass is 32.2. The number of amides is 1. The zero-order valence-corrected chi connectivity index (χ0v) is 16.9. The quantitative estimate of drug-likeness (QED) is 0.444. The van der Waals surface area contributed by atoms with E-state index in [0.29, 0.717) is 22.3 Å². The van der Waals surface area contributed by atoms with E-state index in [0.717, 1.165) is 11.1 Å². The molecule has 2 aromatic heterocycles. The molecule has 1 amide bonds. The molecule has 0 aliphatic carbocycles. The molecule has 7 nitrogen and oxygen atoms in total. The van der Waals surface area contributed by atoms with E-state index in [-0.39, 0.29) is 23.1 Å². The highest BCUT2D eigenvalue weighted by Crippen LogP contribution is 2.41. The van der Waals surface area contributed by atoms with Crippen LogP contribution in [0.4, 0.5) is 5.88 Å². The number of carbonyl (C=O) groups is 1. The van der Waals surface area contributed by atoms with Gasteiger partial charge in [0.25, 0.3) is 0 Å². The molecular weight excluding hydrogens is 398 g/mol. The first-order chi connectivity index (χ1) is 14.7. The van der Waals surface area contributed by atoms with E-state index in [2.05, 4.69) is 26.6 Å². The van der Waals surface area contributed by atoms with Crippen LogP contribution >= 0.6 is 11.8 Å². The van der Waals surface area contributed by atoms with E-state index in [9.17, 15) is 10.1 Å². The molecule has 2 aromatic carbocycles. The van der Waals surface area contributed by atoms with Crippen molar-refractivity contribution in [2.45, 2.75) is 12.1 Å². The third kappa shape index (κ3) is 4.11. The molecule has 0 spiro atoms. The van der Waals surface area contributed by atoms with Gasteiger partial charge in [-0.15, -0.1) is 5.10 Å². The topological polar surface area (TPSA) is 108 Å². The first kappa shape index (κ1) is 19.5. The first-order valence-electron chi connectivity index (χ1n) is 9.15. The molecule has 0 saturated carbocycles. The SMILES string of the molecule is Cc1nc(SCC(=O)Nc2oc(-c3ccccc3)c(-c3ccccc3)c2C#N)n[nH]1. The lowest BCUT2D eigenvalue weighted by Gasteiger charge is -2.03. The Morgan fingerprint density at radius 3 is 2.40 bits per heavy atom. The number of aryl methyl sites for hydroxylation is 1. The van der Waals surface area contributed by atoms with Gasteiger partial charge in [-0.1, -0.05) is 72.4 Å². The van der Waals surface area contributed by atoms with Gasteiger partial charge in [-0.2, -0.15) is 5.26 Å². The van der Waals surface area contributed by atoms with Crippen LogP contribution in [0.25, 0.3) is 22.5 Å². The van der Waals surface area contributed by atoms with Gasteiger partial charge in [0.15, 0.2) is 0 Å². The minimum atomic E-state index is -0.313. The zero-order chi connectivity index (χ0) is 20.9. The maximum Gasteiger partial charge on any atom is 0.237 e. The smallest absolute Gasteiger partial charge is 0.237 e. The molecule has 2 heterocycles. The molecule has 4 aromatic rings. The molecule has 0 bridgehead atoms. The number of thioether (sulfide) groups is 1. The van der Waals surface area contributed by atoms with E-state index < -0.39 is 0 Å². The summed E-state index contributed by atoms with van der Waals surface area (Å²) in [7, 11) is 0. The van der Waals surface area contributed by atoms with Crippen LogP contribution in [0.1, 0.15) is 11.4 Å². The predicted octanol–water partition coefficient (Wildman–Crippen LogP) is 4.64. The van der Waals surface area contributed by atoms with Crippen molar-refractivity contribution in [2.24, 2.45) is 0 Å². The monoisotopic (exact) mass is 415 g/mol. The van der Waals surface area contributed by atoms with Gasteiger partial charge in [-0.25, -0.2) is 4.98 Å². The number of anilines is 1. The Kier molecular flexibility index (Phi) is 5.63. The van der Waals surface area contributed by atoms with E-state index in [4.69, 9.17) is 4.42 Å². The van der Waals surface area contributed by atoms with Crippen LogP contribution in [0.3, 0.4) is 0 Å². The summed E-state index contributed by atoms with van der Waals surface area (Å²) in [5, 5.41) is 19.8. The minimum absolute atomic E-state index is 0.0875. The Bertz CT molecular complexity index is 1210. The molecule has 0 unspecified atom stereocenters. The van der Waals surface area contributed by atoms with Gasteiger partial charge >= 0.3 is 0 Å². The number of aromatic amines is 1.